The molecule has 5 nitrogen and oxygen atoms in total. The number of nitrogens with zero attached hydrogens (tertiary/aromatic N) is 2. The summed E-state index contributed by atoms with van der Waals surface area (Å²) >= 11 is 0. The third-order valence-corrected chi connectivity index (χ3v) is 3.29. The van der Waals surface area contributed by atoms with Crippen LogP contribution in [0.1, 0.15) is 45.0 Å². The SMILES string of the molecule is CCN(Cc1cccc(C)n1)C(=O)CC(C)(C)CC(=O)O. The number of carboxylic acids is 1. The molecule has 0 aliphatic carbocycles. The second-order valence-corrected chi connectivity index (χ2v) is 6.09. The quantitative estimate of drug-likeness (QED) is 0.838. The summed E-state index contributed by atoms with van der Waals surface area (Å²) in [6, 6.07) is 5.73. The molecule has 0 aromatic carbocycles. The van der Waals surface area contributed by atoms with Crippen LogP contribution in [0, 0.1) is 12.3 Å². The molecule has 0 radical (unpaired) electrons. The number of hydrogen-bond acceptors (Lipinski definition) is 3. The zero-order valence-electron chi connectivity index (χ0n) is 13.2. The van der Waals surface area contributed by atoms with Gasteiger partial charge in [-0.25, -0.2) is 0 Å². The van der Waals surface area contributed by atoms with Crippen molar-refractivity contribution in [1.29, 1.82) is 0 Å². The number of carboxylic acid groups (broad SMARTS) is 1. The molecule has 21 heavy (non-hydrogen) atoms. The second-order valence-electron chi connectivity index (χ2n) is 6.09. The zero-order valence-corrected chi connectivity index (χ0v) is 13.2. The van der Waals surface area contributed by atoms with Crippen molar-refractivity contribution >= 4 is 11.9 Å². The van der Waals surface area contributed by atoms with E-state index in [1.165, 1.54) is 0 Å². The predicted molar refractivity (Wildman–Crippen MR) is 80.7 cm³/mol. The van der Waals surface area contributed by atoms with Gasteiger partial charge in [-0.3, -0.25) is 14.6 Å². The van der Waals surface area contributed by atoms with Crippen LogP contribution in [-0.2, 0) is 16.1 Å². The van der Waals surface area contributed by atoms with Crippen LogP contribution in [0.5, 0.6) is 0 Å². The average Bonchev–Trinajstić information content (AvgIpc) is 2.33. The van der Waals surface area contributed by atoms with Crippen molar-refractivity contribution in [2.24, 2.45) is 5.41 Å². The van der Waals surface area contributed by atoms with E-state index in [1.54, 1.807) is 18.7 Å². The highest BCUT2D eigenvalue weighted by Gasteiger charge is 2.27. The van der Waals surface area contributed by atoms with Crippen LogP contribution in [0.3, 0.4) is 0 Å². The van der Waals surface area contributed by atoms with Gasteiger partial charge < -0.3 is 10.0 Å². The molecule has 0 spiro atoms. The first-order chi connectivity index (χ1) is 9.73. The third kappa shape index (κ3) is 5.94. The molecular weight excluding hydrogens is 268 g/mol. The third-order valence-electron chi connectivity index (χ3n) is 3.29. The number of pyridine rings is 1. The topological polar surface area (TPSA) is 70.5 Å². The Morgan fingerprint density at radius 2 is 1.95 bits per heavy atom. The van der Waals surface area contributed by atoms with Crippen LogP contribution in [0.2, 0.25) is 0 Å². The zero-order chi connectivity index (χ0) is 16.0. The minimum absolute atomic E-state index is 0.0149. The van der Waals surface area contributed by atoms with Gasteiger partial charge in [0.15, 0.2) is 0 Å². The number of aromatic nitrogens is 1. The largest absolute Gasteiger partial charge is 0.481 e. The monoisotopic (exact) mass is 292 g/mol. The lowest BCUT2D eigenvalue weighted by Crippen LogP contribution is -2.34. The number of carbonyl (C=O) groups excluding carboxylic acids is 1. The molecule has 0 atom stereocenters. The Morgan fingerprint density at radius 3 is 2.48 bits per heavy atom. The standard InChI is InChI=1S/C16H24N2O3/c1-5-18(11-13-8-6-7-12(2)17-13)14(19)9-16(3,4)10-15(20)21/h6-8H,5,9-11H2,1-4H3,(H,20,21). The fraction of sp³-hybridized carbons (Fsp3) is 0.562. The summed E-state index contributed by atoms with van der Waals surface area (Å²) in [6.45, 7) is 8.47. The Bertz CT molecular complexity index is 512. The first-order valence-corrected chi connectivity index (χ1v) is 7.15. The smallest absolute Gasteiger partial charge is 0.303 e. The number of aliphatic carboxylic acids is 1. The van der Waals surface area contributed by atoms with Gasteiger partial charge in [0, 0.05) is 18.7 Å². The molecule has 0 saturated heterocycles. The molecule has 116 valence electrons. The lowest BCUT2D eigenvalue weighted by Gasteiger charge is -2.27. The molecule has 0 saturated carbocycles. The van der Waals surface area contributed by atoms with Crippen molar-refractivity contribution in [3.63, 3.8) is 0 Å². The van der Waals surface area contributed by atoms with Gasteiger partial charge in [-0.15, -0.1) is 0 Å². The van der Waals surface area contributed by atoms with E-state index in [0.717, 1.165) is 11.4 Å². The predicted octanol–water partition coefficient (Wildman–Crippen LogP) is 2.63. The van der Waals surface area contributed by atoms with Crippen LogP contribution in [-0.4, -0.2) is 33.4 Å². The van der Waals surface area contributed by atoms with E-state index in [4.69, 9.17) is 5.11 Å². The lowest BCUT2D eigenvalue weighted by atomic mass is 9.85. The molecule has 0 fully saturated rings. The Hall–Kier alpha value is -1.91. The summed E-state index contributed by atoms with van der Waals surface area (Å²) in [5, 5.41) is 8.89. The first kappa shape index (κ1) is 17.1. The summed E-state index contributed by atoms with van der Waals surface area (Å²) in [6.07, 6.45) is 0.206. The highest BCUT2D eigenvalue weighted by atomic mass is 16.4. The Morgan fingerprint density at radius 1 is 1.29 bits per heavy atom. The van der Waals surface area contributed by atoms with Gasteiger partial charge in [-0.1, -0.05) is 19.9 Å². The molecule has 0 aliphatic heterocycles. The fourth-order valence-corrected chi connectivity index (χ4v) is 2.25. The van der Waals surface area contributed by atoms with Crippen molar-refractivity contribution in [2.45, 2.75) is 47.1 Å². The molecule has 0 bridgehead atoms. The van der Waals surface area contributed by atoms with E-state index < -0.39 is 11.4 Å². The Kier molecular flexibility index (Phi) is 5.88. The second kappa shape index (κ2) is 7.20. The van der Waals surface area contributed by atoms with E-state index in [9.17, 15) is 9.59 Å². The van der Waals surface area contributed by atoms with Crippen molar-refractivity contribution in [2.75, 3.05) is 6.54 Å². The van der Waals surface area contributed by atoms with E-state index >= 15 is 0 Å². The normalized spacial score (nSPS) is 11.2. The highest BCUT2D eigenvalue weighted by molar-refractivity contribution is 5.78. The van der Waals surface area contributed by atoms with Crippen LogP contribution in [0.4, 0.5) is 0 Å². The van der Waals surface area contributed by atoms with Crippen molar-refractivity contribution < 1.29 is 14.7 Å². The number of carbonyl (C=O) groups is 2. The summed E-state index contributed by atoms with van der Waals surface area (Å²) in [7, 11) is 0. The molecule has 1 heterocycles. The number of hydrogen-bond donors (Lipinski definition) is 1. The minimum Gasteiger partial charge on any atom is -0.481 e. The van der Waals surface area contributed by atoms with E-state index in [1.807, 2.05) is 32.0 Å². The van der Waals surface area contributed by atoms with Gasteiger partial charge in [-0.05, 0) is 31.4 Å². The minimum atomic E-state index is -0.879. The molecule has 1 aromatic heterocycles. The molecular formula is C16H24N2O3. The molecule has 0 unspecified atom stereocenters. The Balaban J connectivity index is 2.71. The maximum Gasteiger partial charge on any atom is 0.303 e. The van der Waals surface area contributed by atoms with Crippen molar-refractivity contribution in [3.8, 4) is 0 Å². The maximum absolute atomic E-state index is 12.4. The summed E-state index contributed by atoms with van der Waals surface area (Å²) in [5.74, 6) is -0.914. The van der Waals surface area contributed by atoms with Gasteiger partial charge in [0.1, 0.15) is 0 Å². The number of rotatable bonds is 7. The number of amides is 1. The van der Waals surface area contributed by atoms with Gasteiger partial charge in [0.05, 0.1) is 18.7 Å². The van der Waals surface area contributed by atoms with Crippen LogP contribution in [0.25, 0.3) is 0 Å². The maximum atomic E-state index is 12.4. The molecule has 1 rings (SSSR count). The average molecular weight is 292 g/mol. The summed E-state index contributed by atoms with van der Waals surface area (Å²) < 4.78 is 0. The molecule has 1 aromatic rings. The lowest BCUT2D eigenvalue weighted by molar-refractivity contribution is -0.140. The molecule has 0 aliphatic rings. The van der Waals surface area contributed by atoms with Gasteiger partial charge in [0.2, 0.25) is 5.91 Å². The summed E-state index contributed by atoms with van der Waals surface area (Å²) in [5.41, 5.74) is 1.22. The van der Waals surface area contributed by atoms with Crippen molar-refractivity contribution in [3.05, 3.63) is 29.6 Å². The van der Waals surface area contributed by atoms with E-state index in [0.29, 0.717) is 13.1 Å². The number of aryl methyl sites for hydroxylation is 1. The molecule has 1 N–H and O–H groups in total. The van der Waals surface area contributed by atoms with Gasteiger partial charge in [0.25, 0.3) is 0 Å². The van der Waals surface area contributed by atoms with Crippen LogP contribution >= 0.6 is 0 Å². The summed E-state index contributed by atoms with van der Waals surface area (Å²) in [4.78, 5) is 29.3. The van der Waals surface area contributed by atoms with Gasteiger partial charge in [-0.2, -0.15) is 0 Å². The van der Waals surface area contributed by atoms with E-state index in [2.05, 4.69) is 4.98 Å². The fourth-order valence-electron chi connectivity index (χ4n) is 2.25. The van der Waals surface area contributed by atoms with Crippen molar-refractivity contribution in [1.82, 2.24) is 9.88 Å². The van der Waals surface area contributed by atoms with E-state index in [-0.39, 0.29) is 18.7 Å². The highest BCUT2D eigenvalue weighted by Crippen LogP contribution is 2.26. The first-order valence-electron chi connectivity index (χ1n) is 7.15. The molecule has 1 amide bonds. The molecule has 5 heteroatoms. The van der Waals surface area contributed by atoms with Gasteiger partial charge >= 0.3 is 5.97 Å². The Labute approximate surface area is 126 Å². The van der Waals surface area contributed by atoms with Crippen LogP contribution in [0.15, 0.2) is 18.2 Å². The van der Waals surface area contributed by atoms with Crippen LogP contribution < -0.4 is 0 Å².